The van der Waals surface area contributed by atoms with E-state index in [1.54, 1.807) is 7.11 Å². The Bertz CT molecular complexity index is 670. The Labute approximate surface area is 127 Å². The fourth-order valence-electron chi connectivity index (χ4n) is 2.98. The molecule has 3 N–H and O–H groups in total. The summed E-state index contributed by atoms with van der Waals surface area (Å²) in [6, 6.07) is 7.75. The Morgan fingerprint density at radius 3 is 2.86 bits per heavy atom. The minimum absolute atomic E-state index is 0.0506. The predicted octanol–water partition coefficient (Wildman–Crippen LogP) is 1.98. The third-order valence-electron chi connectivity index (χ3n) is 3.95. The van der Waals surface area contributed by atoms with Crippen molar-refractivity contribution in [1.29, 1.82) is 0 Å². The minimum atomic E-state index is -0.0506. The number of aromatic nitrogens is 2. The lowest BCUT2D eigenvalue weighted by atomic mass is 9.80. The normalized spacial score (nSPS) is 21.6. The van der Waals surface area contributed by atoms with Crippen molar-refractivity contribution >= 4 is 17.4 Å². The molecule has 7 nitrogen and oxygen atoms in total. The van der Waals surface area contributed by atoms with Crippen LogP contribution in [0.2, 0.25) is 0 Å². The van der Waals surface area contributed by atoms with Crippen LogP contribution in [0.15, 0.2) is 28.9 Å². The van der Waals surface area contributed by atoms with E-state index < -0.39 is 0 Å². The van der Waals surface area contributed by atoms with E-state index >= 15 is 0 Å². The summed E-state index contributed by atoms with van der Waals surface area (Å²) in [5.41, 5.74) is 6.70. The third-order valence-corrected chi connectivity index (χ3v) is 3.95. The second-order valence-corrected chi connectivity index (χ2v) is 5.46. The number of anilines is 2. The Hall–Kier alpha value is -2.57. The number of benzene rings is 1. The molecular formula is C15H18N4O3. The van der Waals surface area contributed by atoms with Gasteiger partial charge < -0.3 is 15.8 Å². The molecule has 1 aromatic carbocycles. The summed E-state index contributed by atoms with van der Waals surface area (Å²) in [6.07, 6.45) is 1.75. The molecule has 0 bridgehead atoms. The zero-order valence-corrected chi connectivity index (χ0v) is 12.3. The number of nitrogen functional groups attached to an aromatic ring is 1. The fourth-order valence-corrected chi connectivity index (χ4v) is 2.98. The number of nitrogens with two attached hydrogens (primary N) is 1. The second kappa shape index (κ2) is 6.05. The molecule has 2 atom stereocenters. The number of hydrogen-bond acceptors (Lipinski definition) is 7. The molecule has 0 amide bonds. The number of ether oxygens (including phenoxy) is 1. The molecule has 1 heterocycles. The predicted molar refractivity (Wildman–Crippen MR) is 80.7 cm³/mol. The van der Waals surface area contributed by atoms with Crippen LogP contribution in [0.1, 0.15) is 30.7 Å². The highest BCUT2D eigenvalue weighted by Crippen LogP contribution is 2.37. The Morgan fingerprint density at radius 2 is 2.14 bits per heavy atom. The maximum absolute atomic E-state index is 12.1. The summed E-state index contributed by atoms with van der Waals surface area (Å²) >= 11 is 0. The number of rotatable bonds is 4. The number of Topliss-reactive ketones (excluding diaryl/α,β-unsaturated/α-hetero) is 1. The van der Waals surface area contributed by atoms with E-state index in [1.165, 1.54) is 0 Å². The maximum atomic E-state index is 12.1. The van der Waals surface area contributed by atoms with Crippen molar-refractivity contribution in [1.82, 2.24) is 10.3 Å². The lowest BCUT2D eigenvalue weighted by molar-refractivity contribution is -0.120. The molecule has 1 aliphatic rings. The van der Waals surface area contributed by atoms with E-state index in [4.69, 9.17) is 10.5 Å². The van der Waals surface area contributed by atoms with Crippen LogP contribution < -0.4 is 15.8 Å². The van der Waals surface area contributed by atoms with Crippen LogP contribution in [0.25, 0.3) is 0 Å². The quantitative estimate of drug-likeness (QED) is 0.890. The highest BCUT2D eigenvalue weighted by molar-refractivity contribution is 5.81. The molecule has 7 heteroatoms. The summed E-state index contributed by atoms with van der Waals surface area (Å²) in [7, 11) is 1.64. The van der Waals surface area contributed by atoms with Crippen molar-refractivity contribution in [2.45, 2.75) is 31.2 Å². The molecular weight excluding hydrogens is 284 g/mol. The summed E-state index contributed by atoms with van der Waals surface area (Å²) in [5, 5.41) is 10.4. The van der Waals surface area contributed by atoms with Gasteiger partial charge in [0.1, 0.15) is 11.5 Å². The number of methoxy groups -OCH3 is 1. The maximum Gasteiger partial charge on any atom is 0.215 e. The second-order valence-electron chi connectivity index (χ2n) is 5.46. The van der Waals surface area contributed by atoms with E-state index in [-0.39, 0.29) is 23.6 Å². The lowest BCUT2D eigenvalue weighted by Gasteiger charge is -2.29. The van der Waals surface area contributed by atoms with Gasteiger partial charge in [-0.05, 0) is 34.3 Å². The molecule has 116 valence electrons. The van der Waals surface area contributed by atoms with Crippen molar-refractivity contribution in [2.24, 2.45) is 0 Å². The smallest absolute Gasteiger partial charge is 0.215 e. The van der Waals surface area contributed by atoms with Gasteiger partial charge in [0.2, 0.25) is 11.6 Å². The number of ketones is 1. The summed E-state index contributed by atoms with van der Waals surface area (Å²) in [6.45, 7) is 0. The van der Waals surface area contributed by atoms with Crippen molar-refractivity contribution in [3.63, 3.8) is 0 Å². The first kappa shape index (κ1) is 14.4. The van der Waals surface area contributed by atoms with Crippen LogP contribution in [0.3, 0.4) is 0 Å². The molecule has 1 aromatic heterocycles. The monoisotopic (exact) mass is 302 g/mol. The van der Waals surface area contributed by atoms with Crippen molar-refractivity contribution < 1.29 is 14.2 Å². The Balaban J connectivity index is 1.79. The van der Waals surface area contributed by atoms with E-state index in [9.17, 15) is 4.79 Å². The van der Waals surface area contributed by atoms with Gasteiger partial charge in [0.25, 0.3) is 0 Å². The summed E-state index contributed by atoms with van der Waals surface area (Å²) in [4.78, 5) is 12.1. The van der Waals surface area contributed by atoms with Gasteiger partial charge in [-0.25, -0.2) is 4.63 Å². The van der Waals surface area contributed by atoms with Crippen LogP contribution >= 0.6 is 0 Å². The average molecular weight is 302 g/mol. The van der Waals surface area contributed by atoms with Crippen LogP contribution in [0.4, 0.5) is 11.6 Å². The van der Waals surface area contributed by atoms with E-state index in [0.29, 0.717) is 18.7 Å². The molecule has 1 aliphatic carbocycles. The Kier molecular flexibility index (Phi) is 3.95. The minimum Gasteiger partial charge on any atom is -0.496 e. The van der Waals surface area contributed by atoms with Gasteiger partial charge in [0.05, 0.1) is 7.11 Å². The van der Waals surface area contributed by atoms with E-state index in [2.05, 4.69) is 20.3 Å². The standard InChI is InChI=1S/C15H18N4O3/c1-21-13-5-3-2-4-12(13)9-6-10(8-11(20)7-9)17-15-14(16)18-22-19-15/h2-5,9-10H,6-8H2,1H3,(H2,16,18)(H,17,19)/t9-,10+/m1/s1. The zero-order chi connectivity index (χ0) is 15.5. The van der Waals surface area contributed by atoms with Crippen LogP contribution in [-0.2, 0) is 4.79 Å². The molecule has 22 heavy (non-hydrogen) atoms. The molecule has 0 spiro atoms. The molecule has 0 aliphatic heterocycles. The van der Waals surface area contributed by atoms with Gasteiger partial charge in [0, 0.05) is 18.9 Å². The van der Waals surface area contributed by atoms with Crippen molar-refractivity contribution in [3.05, 3.63) is 29.8 Å². The van der Waals surface area contributed by atoms with E-state index in [0.717, 1.165) is 17.7 Å². The molecule has 3 rings (SSSR count). The topological polar surface area (TPSA) is 103 Å². The first-order chi connectivity index (χ1) is 10.7. The highest BCUT2D eigenvalue weighted by atomic mass is 16.6. The van der Waals surface area contributed by atoms with Gasteiger partial charge >= 0.3 is 0 Å². The van der Waals surface area contributed by atoms with Crippen LogP contribution in [0.5, 0.6) is 5.75 Å². The number of para-hydroxylation sites is 1. The molecule has 2 aromatic rings. The number of nitrogens with zero attached hydrogens (tertiary/aromatic N) is 2. The van der Waals surface area contributed by atoms with Gasteiger partial charge in [-0.15, -0.1) is 0 Å². The molecule has 0 saturated heterocycles. The fraction of sp³-hybridized carbons (Fsp3) is 0.400. The first-order valence-corrected chi connectivity index (χ1v) is 7.16. The zero-order valence-electron chi connectivity index (χ0n) is 12.3. The lowest BCUT2D eigenvalue weighted by Crippen LogP contribution is -2.32. The summed E-state index contributed by atoms with van der Waals surface area (Å²) in [5.74, 6) is 1.71. The average Bonchev–Trinajstić information content (AvgIpc) is 2.92. The SMILES string of the molecule is COc1ccccc1[C@H]1CC(=O)C[C@@H](Nc2nonc2N)C1. The highest BCUT2D eigenvalue weighted by Gasteiger charge is 2.30. The third kappa shape index (κ3) is 2.88. The molecule has 1 saturated carbocycles. The largest absolute Gasteiger partial charge is 0.496 e. The first-order valence-electron chi connectivity index (χ1n) is 7.16. The van der Waals surface area contributed by atoms with Crippen LogP contribution in [-0.4, -0.2) is 29.2 Å². The van der Waals surface area contributed by atoms with Crippen LogP contribution in [0, 0.1) is 0 Å². The van der Waals surface area contributed by atoms with Crippen molar-refractivity contribution in [3.8, 4) is 5.75 Å². The van der Waals surface area contributed by atoms with Crippen molar-refractivity contribution in [2.75, 3.05) is 18.2 Å². The number of hydrogen-bond donors (Lipinski definition) is 2. The van der Waals surface area contributed by atoms with Gasteiger partial charge in [-0.1, -0.05) is 18.2 Å². The molecule has 0 unspecified atom stereocenters. The Morgan fingerprint density at radius 1 is 1.32 bits per heavy atom. The summed E-state index contributed by atoms with van der Waals surface area (Å²) < 4.78 is 9.97. The van der Waals surface area contributed by atoms with Gasteiger partial charge in [0.15, 0.2) is 0 Å². The molecule has 1 fully saturated rings. The van der Waals surface area contributed by atoms with E-state index in [1.807, 2.05) is 24.3 Å². The number of carbonyl (C=O) groups is 1. The van der Waals surface area contributed by atoms with Gasteiger partial charge in [-0.3, -0.25) is 4.79 Å². The molecule has 0 radical (unpaired) electrons. The van der Waals surface area contributed by atoms with Gasteiger partial charge in [-0.2, -0.15) is 0 Å². The number of nitrogens with one attached hydrogen (secondary N) is 1. The number of carbonyl (C=O) groups excluding carboxylic acids is 1.